The topological polar surface area (TPSA) is 43.4 Å². The number of nitrogens with zero attached hydrogens (tertiary/aromatic N) is 2. The molecule has 0 aliphatic carbocycles. The first-order chi connectivity index (χ1) is 12.8. The van der Waals surface area contributed by atoms with Gasteiger partial charge in [0.15, 0.2) is 0 Å². The van der Waals surface area contributed by atoms with Crippen LogP contribution in [0.2, 0.25) is 0 Å². The van der Waals surface area contributed by atoms with Gasteiger partial charge in [-0.25, -0.2) is 0 Å². The van der Waals surface area contributed by atoms with Crippen LogP contribution in [0.1, 0.15) is 0 Å². The third kappa shape index (κ3) is 6.36. The van der Waals surface area contributed by atoms with Crippen LogP contribution in [0, 0.1) is 0 Å². The summed E-state index contributed by atoms with van der Waals surface area (Å²) in [6, 6.07) is 10.0. The van der Waals surface area contributed by atoms with Crippen LogP contribution in [-0.4, -0.2) is 88.7 Å². The monoisotopic (exact) mass is 400 g/mol. The van der Waals surface area contributed by atoms with Gasteiger partial charge in [-0.1, -0.05) is 18.2 Å². The van der Waals surface area contributed by atoms with Gasteiger partial charge in [0, 0.05) is 44.6 Å². The van der Waals surface area contributed by atoms with E-state index in [0.29, 0.717) is 13.2 Å². The molecule has 146 valence electrons. The molecule has 6 nitrogen and oxygen atoms in total. The van der Waals surface area contributed by atoms with Crippen molar-refractivity contribution in [3.05, 3.63) is 30.3 Å². The largest absolute Gasteiger partial charge is 0.379 e. The van der Waals surface area contributed by atoms with Gasteiger partial charge in [0.25, 0.3) is 0 Å². The van der Waals surface area contributed by atoms with Gasteiger partial charge in [-0.2, -0.15) is 0 Å². The molecule has 1 aromatic rings. The van der Waals surface area contributed by atoms with E-state index in [4.69, 9.17) is 30.3 Å². The van der Waals surface area contributed by atoms with Crippen molar-refractivity contribution >= 4 is 23.6 Å². The number of hydrogen-bond donors (Lipinski definition) is 0. The Hall–Kier alpha value is -0.370. The van der Waals surface area contributed by atoms with Gasteiger partial charge in [-0.15, -0.1) is 0 Å². The Morgan fingerprint density at radius 2 is 1.27 bits per heavy atom. The minimum atomic E-state index is -2.49. The predicted molar refractivity (Wildman–Crippen MR) is 107 cm³/mol. The lowest BCUT2D eigenvalue weighted by molar-refractivity contribution is 0.0292. The van der Waals surface area contributed by atoms with Gasteiger partial charge in [0.05, 0.1) is 39.6 Å². The Morgan fingerprint density at radius 1 is 0.808 bits per heavy atom. The molecule has 0 amide bonds. The van der Waals surface area contributed by atoms with Crippen molar-refractivity contribution in [2.24, 2.45) is 0 Å². The predicted octanol–water partition coefficient (Wildman–Crippen LogP) is 1.32. The number of rotatable bonds is 9. The molecular formula is C18H29N2O4PS. The fraction of sp³-hybridized carbons (Fsp3) is 0.667. The van der Waals surface area contributed by atoms with Crippen LogP contribution in [0.5, 0.6) is 0 Å². The van der Waals surface area contributed by atoms with Crippen LogP contribution in [0.3, 0.4) is 0 Å². The molecule has 3 rings (SSSR count). The Kier molecular flexibility index (Phi) is 8.49. The van der Waals surface area contributed by atoms with E-state index in [1.807, 2.05) is 30.3 Å². The Labute approximate surface area is 161 Å². The molecule has 0 radical (unpaired) electrons. The van der Waals surface area contributed by atoms with Gasteiger partial charge in [-0.05, 0) is 23.9 Å². The summed E-state index contributed by atoms with van der Waals surface area (Å²) < 4.78 is 23.2. The highest BCUT2D eigenvalue weighted by molar-refractivity contribution is 8.13. The standard InChI is InChI=1S/C18H29N2O4PS/c26-25(18-4-2-1-3-5-18,23-16-10-19-6-12-21-13-7-19)24-17-11-20-8-14-22-15-9-20/h1-5H,6-17H2. The maximum absolute atomic E-state index is 6.19. The molecule has 0 N–H and O–H groups in total. The molecule has 0 unspecified atom stereocenters. The van der Waals surface area contributed by atoms with Crippen LogP contribution >= 0.6 is 6.49 Å². The SMILES string of the molecule is S=P(OCCN1CCOCC1)(OCCN1CCOCC1)c1ccccc1. The fourth-order valence-electron chi connectivity index (χ4n) is 3.03. The Balaban J connectivity index is 1.52. The van der Waals surface area contributed by atoms with Crippen molar-refractivity contribution in [1.29, 1.82) is 0 Å². The fourth-order valence-corrected chi connectivity index (χ4v) is 5.39. The van der Waals surface area contributed by atoms with Crippen LogP contribution in [0.15, 0.2) is 30.3 Å². The quantitative estimate of drug-likeness (QED) is 0.579. The second-order valence-electron chi connectivity index (χ2n) is 6.41. The van der Waals surface area contributed by atoms with Crippen molar-refractivity contribution in [3.63, 3.8) is 0 Å². The zero-order chi connectivity index (χ0) is 18.1. The molecule has 26 heavy (non-hydrogen) atoms. The summed E-state index contributed by atoms with van der Waals surface area (Å²) in [7, 11) is 0. The van der Waals surface area contributed by atoms with E-state index >= 15 is 0 Å². The van der Waals surface area contributed by atoms with Crippen molar-refractivity contribution in [3.8, 4) is 0 Å². The Bertz CT molecular complexity index is 538. The first-order valence-corrected chi connectivity index (χ1v) is 11.9. The highest BCUT2D eigenvalue weighted by Crippen LogP contribution is 2.47. The highest BCUT2D eigenvalue weighted by atomic mass is 32.5. The second kappa shape index (κ2) is 10.8. The van der Waals surface area contributed by atoms with E-state index in [1.54, 1.807) is 0 Å². The molecule has 0 saturated carbocycles. The summed E-state index contributed by atoms with van der Waals surface area (Å²) in [5.74, 6) is 0. The second-order valence-corrected chi connectivity index (χ2v) is 9.88. The molecule has 2 heterocycles. The summed E-state index contributed by atoms with van der Waals surface area (Å²) in [5, 5.41) is 0.985. The van der Waals surface area contributed by atoms with Crippen LogP contribution < -0.4 is 5.30 Å². The molecule has 1 aromatic carbocycles. The molecule has 0 aromatic heterocycles. The zero-order valence-electron chi connectivity index (χ0n) is 15.3. The molecule has 2 fully saturated rings. The van der Waals surface area contributed by atoms with Crippen molar-refractivity contribution < 1.29 is 18.5 Å². The lowest BCUT2D eigenvalue weighted by atomic mass is 10.4. The van der Waals surface area contributed by atoms with E-state index in [-0.39, 0.29) is 0 Å². The number of ether oxygens (including phenoxy) is 2. The highest BCUT2D eigenvalue weighted by Gasteiger charge is 2.23. The smallest absolute Gasteiger partial charge is 0.219 e. The van der Waals surface area contributed by atoms with Crippen molar-refractivity contribution in [1.82, 2.24) is 9.80 Å². The zero-order valence-corrected chi connectivity index (χ0v) is 17.0. The third-order valence-electron chi connectivity index (χ3n) is 4.62. The molecule has 8 heteroatoms. The molecule has 0 bridgehead atoms. The van der Waals surface area contributed by atoms with E-state index in [2.05, 4.69) is 9.80 Å². The van der Waals surface area contributed by atoms with Crippen LogP contribution in [0.25, 0.3) is 0 Å². The van der Waals surface area contributed by atoms with E-state index < -0.39 is 6.49 Å². The molecular weight excluding hydrogens is 371 g/mol. The first-order valence-electron chi connectivity index (χ1n) is 9.31. The lowest BCUT2D eigenvalue weighted by Gasteiger charge is -2.30. The molecule has 2 aliphatic heterocycles. The molecule has 2 saturated heterocycles. The first kappa shape index (κ1) is 20.4. The number of hydrogen-bond acceptors (Lipinski definition) is 7. The van der Waals surface area contributed by atoms with Gasteiger partial charge in [0.1, 0.15) is 0 Å². The van der Waals surface area contributed by atoms with E-state index in [9.17, 15) is 0 Å². The molecule has 0 spiro atoms. The maximum Gasteiger partial charge on any atom is 0.219 e. The van der Waals surface area contributed by atoms with Gasteiger partial charge in [0.2, 0.25) is 6.49 Å². The van der Waals surface area contributed by atoms with Crippen molar-refractivity contribution in [2.45, 2.75) is 0 Å². The minimum Gasteiger partial charge on any atom is -0.379 e. The summed E-state index contributed by atoms with van der Waals surface area (Å²) in [5.41, 5.74) is 0. The van der Waals surface area contributed by atoms with Crippen LogP contribution in [0.4, 0.5) is 0 Å². The van der Waals surface area contributed by atoms with Gasteiger partial charge in [-0.3, -0.25) is 9.80 Å². The summed E-state index contributed by atoms with van der Waals surface area (Å²) in [6.45, 7) is 7.40. The number of morpholine rings is 2. The van der Waals surface area contributed by atoms with Crippen molar-refractivity contribution in [2.75, 3.05) is 78.9 Å². The average Bonchev–Trinajstić information content (AvgIpc) is 2.70. The van der Waals surface area contributed by atoms with Crippen LogP contribution in [-0.2, 0) is 30.3 Å². The minimum absolute atomic E-state index is 0.587. The number of benzene rings is 1. The molecule has 2 aliphatic rings. The summed E-state index contributed by atoms with van der Waals surface area (Å²) >= 11 is 5.88. The summed E-state index contributed by atoms with van der Waals surface area (Å²) in [6.07, 6.45) is 0. The average molecular weight is 400 g/mol. The summed E-state index contributed by atoms with van der Waals surface area (Å²) in [4.78, 5) is 4.70. The molecule has 0 atom stereocenters. The maximum atomic E-state index is 6.19. The van der Waals surface area contributed by atoms with Gasteiger partial charge >= 0.3 is 0 Å². The van der Waals surface area contributed by atoms with E-state index in [1.165, 1.54) is 0 Å². The third-order valence-corrected chi connectivity index (χ3v) is 7.86. The van der Waals surface area contributed by atoms with E-state index in [0.717, 1.165) is 71.0 Å². The van der Waals surface area contributed by atoms with Gasteiger partial charge < -0.3 is 18.5 Å². The Morgan fingerprint density at radius 3 is 1.73 bits per heavy atom. The normalized spacial score (nSPS) is 20.3. The lowest BCUT2D eigenvalue weighted by Crippen LogP contribution is -2.38.